The number of primary amides is 1. The molecule has 0 fully saturated rings. The van der Waals surface area contributed by atoms with Gasteiger partial charge in [0.05, 0.1) is 11.3 Å². The minimum Gasteiger partial charge on any atom is -0.368 e. The van der Waals surface area contributed by atoms with Gasteiger partial charge in [0, 0.05) is 0 Å². The van der Waals surface area contributed by atoms with E-state index in [1.807, 2.05) is 0 Å². The Morgan fingerprint density at radius 3 is 2.41 bits per heavy atom. The topological polar surface area (TPSA) is 80.5 Å². The zero-order valence-electron chi connectivity index (χ0n) is 8.37. The van der Waals surface area contributed by atoms with Crippen molar-refractivity contribution < 1.29 is 23.2 Å². The minimum absolute atomic E-state index is 0.529. The molecule has 2 N–H and O–H groups in total. The summed E-state index contributed by atoms with van der Waals surface area (Å²) in [4.78, 5) is 34.1. The van der Waals surface area contributed by atoms with Crippen LogP contribution in [0.2, 0.25) is 0 Å². The van der Waals surface area contributed by atoms with Gasteiger partial charge >= 0.3 is 0 Å². The molecule has 1 aromatic rings. The molecular formula is C10H6F2N2O3. The lowest BCUT2D eigenvalue weighted by Gasteiger charge is -2.14. The molecule has 0 aromatic heterocycles. The number of anilines is 1. The molecule has 0 spiro atoms. The van der Waals surface area contributed by atoms with Gasteiger partial charge in [0.15, 0.2) is 0 Å². The van der Waals surface area contributed by atoms with E-state index in [1.54, 1.807) is 0 Å². The van der Waals surface area contributed by atoms with Crippen molar-refractivity contribution in [2.24, 2.45) is 5.73 Å². The van der Waals surface area contributed by atoms with Crippen LogP contribution in [0.4, 0.5) is 14.5 Å². The Bertz CT molecular complexity index is 557. The summed E-state index contributed by atoms with van der Waals surface area (Å²) >= 11 is 0. The third-order valence-electron chi connectivity index (χ3n) is 2.33. The SMILES string of the molecule is NC(=O)CN1C(=O)C(=O)c2c(F)ccc(F)c21. The van der Waals surface area contributed by atoms with Gasteiger partial charge in [-0.1, -0.05) is 0 Å². The number of ketones is 1. The second kappa shape index (κ2) is 3.62. The average molecular weight is 240 g/mol. The lowest BCUT2D eigenvalue weighted by atomic mass is 10.1. The molecule has 0 unspecified atom stereocenters. The number of hydrogen-bond donors (Lipinski definition) is 1. The number of fused-ring (bicyclic) bond motifs is 1. The van der Waals surface area contributed by atoms with Crippen LogP contribution in [-0.4, -0.2) is 24.1 Å². The van der Waals surface area contributed by atoms with Crippen LogP contribution in [0.5, 0.6) is 0 Å². The van der Waals surface area contributed by atoms with Crippen molar-refractivity contribution in [3.63, 3.8) is 0 Å². The Hall–Kier alpha value is -2.31. The third kappa shape index (κ3) is 1.55. The molecule has 0 saturated heterocycles. The molecule has 5 nitrogen and oxygen atoms in total. The Balaban J connectivity index is 2.63. The first-order valence-corrected chi connectivity index (χ1v) is 4.56. The Morgan fingerprint density at radius 1 is 1.24 bits per heavy atom. The highest BCUT2D eigenvalue weighted by Gasteiger charge is 2.40. The zero-order chi connectivity index (χ0) is 12.7. The first-order chi connectivity index (χ1) is 7.93. The summed E-state index contributed by atoms with van der Waals surface area (Å²) in [5, 5.41) is 0. The molecule has 0 atom stereocenters. The van der Waals surface area contributed by atoms with Gasteiger partial charge in [0.1, 0.15) is 18.2 Å². The molecule has 88 valence electrons. The number of hydrogen-bond acceptors (Lipinski definition) is 3. The Labute approximate surface area is 93.8 Å². The van der Waals surface area contributed by atoms with Crippen molar-refractivity contribution in [2.75, 3.05) is 11.4 Å². The monoisotopic (exact) mass is 240 g/mol. The molecule has 1 aromatic carbocycles. The van der Waals surface area contributed by atoms with Crippen molar-refractivity contribution in [3.8, 4) is 0 Å². The molecule has 2 amide bonds. The van der Waals surface area contributed by atoms with E-state index in [2.05, 4.69) is 0 Å². The van der Waals surface area contributed by atoms with Crippen LogP contribution in [0.1, 0.15) is 10.4 Å². The van der Waals surface area contributed by atoms with Crippen molar-refractivity contribution in [1.29, 1.82) is 0 Å². The second-order valence-corrected chi connectivity index (χ2v) is 3.44. The molecule has 1 aliphatic rings. The van der Waals surface area contributed by atoms with E-state index in [-0.39, 0.29) is 0 Å². The highest BCUT2D eigenvalue weighted by Crippen LogP contribution is 2.33. The van der Waals surface area contributed by atoms with E-state index >= 15 is 0 Å². The minimum atomic E-state index is -1.18. The maximum Gasteiger partial charge on any atom is 0.300 e. The molecular weight excluding hydrogens is 234 g/mol. The second-order valence-electron chi connectivity index (χ2n) is 3.44. The molecule has 0 bridgehead atoms. The van der Waals surface area contributed by atoms with E-state index in [0.717, 1.165) is 12.1 Å². The van der Waals surface area contributed by atoms with Gasteiger partial charge in [-0.25, -0.2) is 8.78 Å². The molecule has 2 rings (SSSR count). The van der Waals surface area contributed by atoms with E-state index in [4.69, 9.17) is 5.73 Å². The van der Waals surface area contributed by atoms with Crippen LogP contribution in [0, 0.1) is 11.6 Å². The Morgan fingerprint density at radius 2 is 1.82 bits per heavy atom. The van der Waals surface area contributed by atoms with Gasteiger partial charge < -0.3 is 5.73 Å². The summed E-state index contributed by atoms with van der Waals surface area (Å²) in [6.45, 7) is -0.669. The van der Waals surface area contributed by atoms with Crippen LogP contribution in [0.25, 0.3) is 0 Å². The largest absolute Gasteiger partial charge is 0.368 e. The summed E-state index contributed by atoms with van der Waals surface area (Å²) in [7, 11) is 0. The van der Waals surface area contributed by atoms with Crippen molar-refractivity contribution in [1.82, 2.24) is 0 Å². The fourth-order valence-corrected chi connectivity index (χ4v) is 1.66. The number of halogens is 2. The number of rotatable bonds is 2. The first-order valence-electron chi connectivity index (χ1n) is 4.56. The quantitative estimate of drug-likeness (QED) is 0.737. The van der Waals surface area contributed by atoms with Gasteiger partial charge in [-0.2, -0.15) is 0 Å². The average Bonchev–Trinajstić information content (AvgIpc) is 2.49. The van der Waals surface area contributed by atoms with Gasteiger partial charge in [-0.05, 0) is 12.1 Å². The Kier molecular flexibility index (Phi) is 2.38. The number of carbonyl (C=O) groups is 3. The van der Waals surface area contributed by atoms with Gasteiger partial charge in [0.2, 0.25) is 5.91 Å². The van der Waals surface area contributed by atoms with Crippen LogP contribution in [0.3, 0.4) is 0 Å². The number of carbonyl (C=O) groups excluding carboxylic acids is 3. The first kappa shape index (κ1) is 11.2. The normalized spacial score (nSPS) is 14.1. The van der Waals surface area contributed by atoms with E-state index in [0.29, 0.717) is 4.90 Å². The molecule has 7 heteroatoms. The third-order valence-corrected chi connectivity index (χ3v) is 2.33. The summed E-state index contributed by atoms with van der Waals surface area (Å²) in [6.07, 6.45) is 0. The molecule has 1 aliphatic heterocycles. The smallest absolute Gasteiger partial charge is 0.300 e. The predicted octanol–water partition coefficient (Wildman–Crippen LogP) is -0.0206. The summed E-state index contributed by atoms with van der Waals surface area (Å²) in [5.41, 5.74) is 3.68. The summed E-state index contributed by atoms with van der Waals surface area (Å²) in [5.74, 6) is -5.24. The van der Waals surface area contributed by atoms with Crippen molar-refractivity contribution in [2.45, 2.75) is 0 Å². The van der Waals surface area contributed by atoms with Crippen LogP contribution in [0.15, 0.2) is 12.1 Å². The van der Waals surface area contributed by atoms with Gasteiger partial charge in [-0.3, -0.25) is 19.3 Å². The van der Waals surface area contributed by atoms with Crippen molar-refractivity contribution >= 4 is 23.3 Å². The molecule has 0 aliphatic carbocycles. The van der Waals surface area contributed by atoms with E-state index in [9.17, 15) is 23.2 Å². The summed E-state index contributed by atoms with van der Waals surface area (Å²) < 4.78 is 26.8. The van der Waals surface area contributed by atoms with Crippen LogP contribution < -0.4 is 10.6 Å². The predicted molar refractivity (Wildman–Crippen MR) is 52.2 cm³/mol. The molecule has 1 heterocycles. The van der Waals surface area contributed by atoms with Gasteiger partial charge in [0.25, 0.3) is 11.7 Å². The van der Waals surface area contributed by atoms with Gasteiger partial charge in [-0.15, -0.1) is 0 Å². The lowest BCUT2D eigenvalue weighted by molar-refractivity contribution is -0.120. The zero-order valence-corrected chi connectivity index (χ0v) is 8.37. The molecule has 17 heavy (non-hydrogen) atoms. The van der Waals surface area contributed by atoms with Crippen LogP contribution in [-0.2, 0) is 9.59 Å². The maximum atomic E-state index is 13.5. The standard InChI is InChI=1S/C10H6F2N2O3/c11-4-1-2-5(12)8-7(4)9(16)10(17)14(8)3-6(13)15/h1-2H,3H2,(H2,13,15). The fraction of sp³-hybridized carbons (Fsp3) is 0.100. The highest BCUT2D eigenvalue weighted by molar-refractivity contribution is 6.52. The fourth-order valence-electron chi connectivity index (χ4n) is 1.66. The maximum absolute atomic E-state index is 13.5. The molecule has 0 radical (unpaired) electrons. The van der Waals surface area contributed by atoms with Crippen molar-refractivity contribution in [3.05, 3.63) is 29.3 Å². The number of nitrogens with two attached hydrogens (primary N) is 1. The van der Waals surface area contributed by atoms with E-state index in [1.165, 1.54) is 0 Å². The number of amides is 2. The number of nitrogens with zero attached hydrogens (tertiary/aromatic N) is 1. The molecule has 0 saturated carbocycles. The lowest BCUT2D eigenvalue weighted by Crippen LogP contribution is -2.37. The summed E-state index contributed by atoms with van der Waals surface area (Å²) in [6, 6.07) is 1.52. The number of Topliss-reactive ketones (excluding diaryl/α,β-unsaturated/α-hetero) is 1. The van der Waals surface area contributed by atoms with Crippen LogP contribution >= 0.6 is 0 Å². The highest BCUT2D eigenvalue weighted by atomic mass is 19.1. The van der Waals surface area contributed by atoms with E-state index < -0.39 is 47.0 Å². The number of benzene rings is 1.